The van der Waals surface area contributed by atoms with Crippen LogP contribution in [-0.4, -0.2) is 55.9 Å². The first-order valence-corrected chi connectivity index (χ1v) is 6.00. The predicted octanol–water partition coefficient (Wildman–Crippen LogP) is -0.258. The van der Waals surface area contributed by atoms with Gasteiger partial charge in [0.05, 0.1) is 12.7 Å². The van der Waals surface area contributed by atoms with Crippen molar-refractivity contribution in [1.82, 2.24) is 4.90 Å². The maximum atomic E-state index is 11.0. The third kappa shape index (κ3) is 3.17. The Hall–Kier alpha value is -0.650. The summed E-state index contributed by atoms with van der Waals surface area (Å²) in [5.41, 5.74) is 5.24. The molecular formula is C11H20N2O3. The highest BCUT2D eigenvalue weighted by molar-refractivity contribution is 5.79. The number of primary amides is 1. The normalized spacial score (nSPS) is 32.5. The fraction of sp³-hybridized carbons (Fsp3) is 0.909. The minimum Gasteiger partial charge on any atom is -0.377 e. The van der Waals surface area contributed by atoms with E-state index < -0.39 is 6.10 Å². The van der Waals surface area contributed by atoms with Gasteiger partial charge < -0.3 is 15.2 Å². The van der Waals surface area contributed by atoms with E-state index in [1.165, 1.54) is 12.8 Å². The molecule has 2 rings (SSSR count). The second-order valence-corrected chi connectivity index (χ2v) is 4.51. The number of carbonyl (C=O) groups excluding carboxylic acids is 1. The summed E-state index contributed by atoms with van der Waals surface area (Å²) in [5, 5.41) is 0. The van der Waals surface area contributed by atoms with E-state index in [-0.39, 0.29) is 5.91 Å². The summed E-state index contributed by atoms with van der Waals surface area (Å²) in [6, 6.07) is 0. The maximum absolute atomic E-state index is 11.0. The third-order valence-electron chi connectivity index (χ3n) is 3.20. The molecule has 2 aliphatic rings. The summed E-state index contributed by atoms with van der Waals surface area (Å²) in [6.45, 7) is 3.82. The van der Waals surface area contributed by atoms with Crippen LogP contribution in [0.25, 0.3) is 0 Å². The molecule has 0 aliphatic carbocycles. The first-order valence-electron chi connectivity index (χ1n) is 6.00. The average molecular weight is 228 g/mol. The van der Waals surface area contributed by atoms with E-state index in [1.807, 2.05) is 0 Å². The summed E-state index contributed by atoms with van der Waals surface area (Å²) in [5.74, 6) is -0.366. The lowest BCUT2D eigenvalue weighted by Gasteiger charge is -2.34. The highest BCUT2D eigenvalue weighted by Crippen LogP contribution is 2.15. The van der Waals surface area contributed by atoms with Gasteiger partial charge in [0.2, 0.25) is 5.91 Å². The van der Waals surface area contributed by atoms with Crippen LogP contribution in [0.15, 0.2) is 0 Å². The number of morpholine rings is 1. The van der Waals surface area contributed by atoms with Gasteiger partial charge >= 0.3 is 0 Å². The van der Waals surface area contributed by atoms with E-state index in [0.717, 1.165) is 26.1 Å². The fourth-order valence-corrected chi connectivity index (χ4v) is 2.28. The molecule has 2 N–H and O–H groups in total. The molecule has 2 saturated heterocycles. The van der Waals surface area contributed by atoms with E-state index in [0.29, 0.717) is 19.3 Å². The number of rotatable bonds is 3. The van der Waals surface area contributed by atoms with Crippen LogP contribution >= 0.6 is 0 Å². The number of nitrogens with two attached hydrogens (primary N) is 1. The van der Waals surface area contributed by atoms with Crippen molar-refractivity contribution in [3.63, 3.8) is 0 Å². The van der Waals surface area contributed by atoms with E-state index in [2.05, 4.69) is 4.90 Å². The highest BCUT2D eigenvalue weighted by atomic mass is 16.5. The molecule has 0 saturated carbocycles. The van der Waals surface area contributed by atoms with Crippen molar-refractivity contribution >= 4 is 5.91 Å². The number of amides is 1. The van der Waals surface area contributed by atoms with Gasteiger partial charge in [-0.25, -0.2) is 0 Å². The van der Waals surface area contributed by atoms with Crippen LogP contribution in [0.2, 0.25) is 0 Å². The molecule has 92 valence electrons. The van der Waals surface area contributed by atoms with Crippen LogP contribution in [0.1, 0.15) is 19.3 Å². The molecule has 0 bridgehead atoms. The lowest BCUT2D eigenvalue weighted by atomic mass is 10.1. The van der Waals surface area contributed by atoms with Gasteiger partial charge in [0.25, 0.3) is 0 Å². The lowest BCUT2D eigenvalue weighted by molar-refractivity contribution is -0.136. The van der Waals surface area contributed by atoms with Gasteiger partial charge in [-0.05, 0) is 19.3 Å². The Kier molecular flexibility index (Phi) is 4.15. The number of ether oxygens (including phenoxy) is 2. The highest BCUT2D eigenvalue weighted by Gasteiger charge is 2.27. The van der Waals surface area contributed by atoms with Crippen LogP contribution < -0.4 is 5.73 Å². The maximum Gasteiger partial charge on any atom is 0.247 e. The van der Waals surface area contributed by atoms with Crippen molar-refractivity contribution in [2.75, 3.05) is 32.8 Å². The minimum atomic E-state index is -0.447. The Morgan fingerprint density at radius 3 is 2.88 bits per heavy atom. The molecule has 5 heteroatoms. The topological polar surface area (TPSA) is 64.8 Å². The first-order chi connectivity index (χ1) is 7.75. The zero-order chi connectivity index (χ0) is 11.4. The Bertz CT molecular complexity index is 241. The largest absolute Gasteiger partial charge is 0.377 e. The Labute approximate surface area is 95.9 Å². The second-order valence-electron chi connectivity index (χ2n) is 4.51. The van der Waals surface area contributed by atoms with Gasteiger partial charge in [-0.1, -0.05) is 0 Å². The van der Waals surface area contributed by atoms with Crippen molar-refractivity contribution < 1.29 is 14.3 Å². The van der Waals surface area contributed by atoms with Gasteiger partial charge in [-0.15, -0.1) is 0 Å². The minimum absolute atomic E-state index is 0.320. The summed E-state index contributed by atoms with van der Waals surface area (Å²) in [6.07, 6.45) is 3.41. The zero-order valence-corrected chi connectivity index (χ0v) is 9.56. The van der Waals surface area contributed by atoms with Crippen molar-refractivity contribution in [2.45, 2.75) is 31.5 Å². The van der Waals surface area contributed by atoms with Crippen LogP contribution in [0.4, 0.5) is 0 Å². The molecule has 2 unspecified atom stereocenters. The Balaban J connectivity index is 1.78. The Morgan fingerprint density at radius 1 is 1.31 bits per heavy atom. The molecule has 0 aromatic heterocycles. The standard InChI is InChI=1S/C11H20N2O3/c12-11(14)10-8-13(4-6-16-10)7-9-3-1-2-5-15-9/h9-10H,1-8H2,(H2,12,14). The fourth-order valence-electron chi connectivity index (χ4n) is 2.28. The SMILES string of the molecule is NC(=O)C1CN(CC2CCCCO2)CCO1. The van der Waals surface area contributed by atoms with Crippen molar-refractivity contribution in [3.05, 3.63) is 0 Å². The number of hydrogen-bond acceptors (Lipinski definition) is 4. The average Bonchev–Trinajstić information content (AvgIpc) is 2.30. The summed E-state index contributed by atoms with van der Waals surface area (Å²) >= 11 is 0. The predicted molar refractivity (Wildman–Crippen MR) is 59.0 cm³/mol. The lowest BCUT2D eigenvalue weighted by Crippen LogP contribution is -2.50. The van der Waals surface area contributed by atoms with E-state index in [9.17, 15) is 4.79 Å². The van der Waals surface area contributed by atoms with Gasteiger partial charge in [-0.3, -0.25) is 9.69 Å². The molecule has 5 nitrogen and oxygen atoms in total. The molecule has 0 radical (unpaired) electrons. The number of carbonyl (C=O) groups is 1. The van der Waals surface area contributed by atoms with E-state index in [1.54, 1.807) is 0 Å². The van der Waals surface area contributed by atoms with Gasteiger partial charge in [0.15, 0.2) is 0 Å². The number of nitrogens with zero attached hydrogens (tertiary/aromatic N) is 1. The molecule has 16 heavy (non-hydrogen) atoms. The van der Waals surface area contributed by atoms with Gasteiger partial charge in [0, 0.05) is 26.2 Å². The Morgan fingerprint density at radius 2 is 2.19 bits per heavy atom. The van der Waals surface area contributed by atoms with Crippen LogP contribution in [0.3, 0.4) is 0 Å². The quantitative estimate of drug-likeness (QED) is 0.723. The zero-order valence-electron chi connectivity index (χ0n) is 9.56. The van der Waals surface area contributed by atoms with Gasteiger partial charge in [-0.2, -0.15) is 0 Å². The smallest absolute Gasteiger partial charge is 0.247 e. The van der Waals surface area contributed by atoms with Crippen LogP contribution in [0, 0.1) is 0 Å². The van der Waals surface area contributed by atoms with Crippen molar-refractivity contribution in [2.24, 2.45) is 5.73 Å². The third-order valence-corrected chi connectivity index (χ3v) is 3.20. The van der Waals surface area contributed by atoms with Crippen molar-refractivity contribution in [1.29, 1.82) is 0 Å². The molecule has 2 fully saturated rings. The molecule has 1 amide bonds. The molecular weight excluding hydrogens is 208 g/mol. The van der Waals surface area contributed by atoms with E-state index in [4.69, 9.17) is 15.2 Å². The van der Waals surface area contributed by atoms with Crippen molar-refractivity contribution in [3.8, 4) is 0 Å². The molecule has 0 spiro atoms. The molecule has 0 aromatic rings. The monoisotopic (exact) mass is 228 g/mol. The first kappa shape index (κ1) is 11.8. The molecule has 2 aliphatic heterocycles. The number of hydrogen-bond donors (Lipinski definition) is 1. The second kappa shape index (κ2) is 5.61. The van der Waals surface area contributed by atoms with Crippen LogP contribution in [0.5, 0.6) is 0 Å². The summed E-state index contributed by atoms with van der Waals surface area (Å²) in [7, 11) is 0. The van der Waals surface area contributed by atoms with E-state index >= 15 is 0 Å². The summed E-state index contributed by atoms with van der Waals surface area (Å²) in [4.78, 5) is 13.2. The van der Waals surface area contributed by atoms with Crippen LogP contribution in [-0.2, 0) is 14.3 Å². The van der Waals surface area contributed by atoms with Gasteiger partial charge in [0.1, 0.15) is 6.10 Å². The molecule has 0 aromatic carbocycles. The molecule has 2 atom stereocenters. The molecule has 2 heterocycles. The summed E-state index contributed by atoms with van der Waals surface area (Å²) < 4.78 is 11.0.